The molecule has 0 saturated carbocycles. The lowest BCUT2D eigenvalue weighted by molar-refractivity contribution is -0.409. The Labute approximate surface area is 567 Å². The van der Waals surface area contributed by atoms with Gasteiger partial charge in [0.15, 0.2) is 44.0 Å². The topological polar surface area (TPSA) is 705 Å². The van der Waals surface area contributed by atoms with Gasteiger partial charge >= 0.3 is 10.4 Å². The first-order valence-corrected chi connectivity index (χ1v) is 32.8. The summed E-state index contributed by atoms with van der Waals surface area (Å²) in [6.07, 6.45) is -75.4. The Morgan fingerprint density at radius 1 is 0.420 bits per heavy atom. The minimum Gasteiger partial charge on any atom is -0.394 e. The summed E-state index contributed by atoms with van der Waals surface area (Å²) in [7, 11) is -5.23. The molecule has 0 unspecified atom stereocenters. The molecule has 25 N–H and O–H groups in total. The van der Waals surface area contributed by atoms with Crippen LogP contribution in [0.25, 0.3) is 0 Å². The number of amides is 3. The van der Waals surface area contributed by atoms with Gasteiger partial charge in [0.1, 0.15) is 177 Å². The molecule has 0 radical (unpaired) electrons. The average Bonchev–Trinajstić information content (AvgIpc) is 0.771. The second-order valence-electron chi connectivity index (χ2n) is 24.9. The van der Waals surface area contributed by atoms with Gasteiger partial charge in [0, 0.05) is 20.8 Å². The first-order valence-electron chi connectivity index (χ1n) is 31.4. The molecule has 7 saturated heterocycles. The summed E-state index contributed by atoms with van der Waals surface area (Å²) in [5.74, 6) is -2.82. The minimum absolute atomic E-state index is 0.894. The Morgan fingerprint density at radius 3 is 1.35 bits per heavy atom. The summed E-state index contributed by atoms with van der Waals surface area (Å²) in [6, 6.07) is -5.64. The van der Waals surface area contributed by atoms with E-state index >= 15 is 0 Å². The number of aliphatic hydroxyl groups is 21. The highest BCUT2D eigenvalue weighted by Gasteiger charge is 2.59. The number of nitrogens with one attached hydrogen (secondary N) is 3. The monoisotopic (exact) mass is 1490 g/mol. The van der Waals surface area contributed by atoms with E-state index in [1.54, 1.807) is 0 Å². The van der Waals surface area contributed by atoms with Crippen LogP contribution in [0, 0.1) is 0 Å². The molecule has 582 valence electrons. The molecule has 0 bridgehead atoms. The van der Waals surface area contributed by atoms with Crippen molar-refractivity contribution in [1.82, 2.24) is 16.0 Å². The lowest BCUT2D eigenvalue weighted by Crippen LogP contribution is -2.69. The molecule has 0 aliphatic carbocycles. The van der Waals surface area contributed by atoms with Crippen LogP contribution in [-0.2, 0) is 95.3 Å². The normalized spacial score (nSPS) is 45.6. The maximum Gasteiger partial charge on any atom is 0.397 e. The molecule has 7 fully saturated rings. The highest BCUT2D eigenvalue weighted by atomic mass is 32.3. The second kappa shape index (κ2) is 36.5. The molecule has 0 aromatic carbocycles. The van der Waals surface area contributed by atoms with Gasteiger partial charge in [-0.1, -0.05) is 0 Å². The SMILES string of the molecule is CC(=O)N[C@H]1[C@H](OC[C@H]2O[C@@H](O[C@@H]([C@@H](O)[C@H](O)CO[C@@H]3O[C@H](COS(=O)(=O)O)[C@@H](O)[C@H](O)[C@H]3NC(C)=O)[C@H](CO)NC(C)=O)[C@H](O[C@@H]3O[C@@H](C)[C@@H](O)[C@@H](O)[C@@H]3O)[C@@H](O[C@@H]3O[C@H](CO)[C@H](O)[C@H](O)[C@H]3O[C@@H]3O[C@@H](C)[C@@H](O)[C@@H](O)[C@@H]3O)[C@H]2O)O[C@H](CO)[C@@H](O[C@@H]2O[C@H](CO)[C@H](O)[C@H](O)[C@H]2O)[C@@H]1O. The van der Waals surface area contributed by atoms with Crippen molar-refractivity contribution in [3.8, 4) is 0 Å². The number of rotatable bonds is 29. The largest absolute Gasteiger partial charge is 0.397 e. The lowest BCUT2D eigenvalue weighted by Gasteiger charge is -2.51. The van der Waals surface area contributed by atoms with Gasteiger partial charge in [0.2, 0.25) is 17.7 Å². The number of aliphatic hydroxyl groups excluding tert-OH is 21. The molecule has 7 aliphatic heterocycles. The Morgan fingerprint density at radius 2 is 0.840 bits per heavy atom. The number of hydrogen-bond acceptors (Lipinski definition) is 41. The van der Waals surface area contributed by atoms with Crippen LogP contribution in [0.4, 0.5) is 0 Å². The van der Waals surface area contributed by atoms with Crippen molar-refractivity contribution in [3.63, 3.8) is 0 Å². The van der Waals surface area contributed by atoms with E-state index < -0.39 is 314 Å². The molecule has 39 atom stereocenters. The fourth-order valence-corrected chi connectivity index (χ4v) is 12.4. The Hall–Kier alpha value is -3.12. The highest BCUT2D eigenvalue weighted by Crippen LogP contribution is 2.39. The maximum absolute atomic E-state index is 12.9. The van der Waals surface area contributed by atoms with Crippen LogP contribution in [0.3, 0.4) is 0 Å². The van der Waals surface area contributed by atoms with Crippen molar-refractivity contribution in [1.29, 1.82) is 0 Å². The van der Waals surface area contributed by atoms with E-state index in [2.05, 4.69) is 20.1 Å². The van der Waals surface area contributed by atoms with Crippen LogP contribution >= 0.6 is 0 Å². The van der Waals surface area contributed by atoms with Crippen LogP contribution in [0.15, 0.2) is 0 Å². The number of hydrogen-bond donors (Lipinski definition) is 25. The first kappa shape index (κ1) is 84.1. The highest BCUT2D eigenvalue weighted by molar-refractivity contribution is 7.80. The third-order valence-electron chi connectivity index (χ3n) is 17.6. The fourth-order valence-electron chi connectivity index (χ4n) is 12.1. The van der Waals surface area contributed by atoms with Crippen molar-refractivity contribution in [2.45, 2.75) is 274 Å². The van der Waals surface area contributed by atoms with Gasteiger partial charge < -0.3 is 190 Å². The first-order chi connectivity index (χ1) is 46.9. The predicted octanol–water partition coefficient (Wildman–Crippen LogP) is -16.5. The summed E-state index contributed by atoms with van der Waals surface area (Å²) in [5.41, 5.74) is 0. The number of carbonyl (C=O) groups excluding carboxylic acids is 3. The van der Waals surface area contributed by atoms with Crippen LogP contribution in [0.2, 0.25) is 0 Å². The van der Waals surface area contributed by atoms with E-state index in [4.69, 9.17) is 66.3 Å². The van der Waals surface area contributed by atoms with Gasteiger partial charge in [-0.3, -0.25) is 18.9 Å². The third-order valence-corrected chi connectivity index (χ3v) is 18.0. The van der Waals surface area contributed by atoms with Gasteiger partial charge in [-0.05, 0) is 13.8 Å². The van der Waals surface area contributed by atoms with E-state index in [9.17, 15) is 135 Å². The van der Waals surface area contributed by atoms with Crippen molar-refractivity contribution in [2.75, 3.05) is 46.2 Å². The second-order valence-corrected chi connectivity index (χ2v) is 26.0. The standard InChI is InChI=1S/C54H93N3O42S/c1-13-27(66)36(75)40(79)50(88-13)98-46-39(78)31(70)21(8-60)91-53(46)97-45-33(72)23(11-86-49-26(57-17(5)64)35(74)44(22(9-61)92-49)96-52-42(81)38(77)30(69)20(7-59)90-52)94-54(47(45)99-51-41(80)37(76)28(67)14(2)89-51)95-43(18(6-58)55-15(3)62)29(68)19(65)10-85-48-25(56-16(4)63)34(73)32(71)24(93-48)12-87-100(82,83)84/h13-14,18-54,58-61,65-81H,6-12H2,1-5H3,(H,55,62)(H,56,63)(H,57,64)(H,82,83,84)/t13-,14-,18-,19+,20+,21+,22+,23+,24+,25+,26+,27+,28+,29-,30-,31-,32+,33-,34+,35+,36+,37+,38-,39-,40-,41-,42+,43+,44+,45-,46+,47+,48+,49+,50-,51-,52-,53-,54-/m0/s1. The number of ether oxygens (including phenoxy) is 14. The van der Waals surface area contributed by atoms with E-state index in [0.29, 0.717) is 0 Å². The molecular formula is C54H93N3O42S. The predicted molar refractivity (Wildman–Crippen MR) is 309 cm³/mol. The Bertz CT molecular complexity index is 2690. The maximum atomic E-state index is 12.9. The zero-order valence-electron chi connectivity index (χ0n) is 53.9. The summed E-state index contributed by atoms with van der Waals surface area (Å²) in [6.45, 7) is -2.89. The van der Waals surface area contributed by atoms with Gasteiger partial charge in [-0.25, -0.2) is 4.18 Å². The van der Waals surface area contributed by atoms with Crippen LogP contribution in [0.1, 0.15) is 34.6 Å². The van der Waals surface area contributed by atoms with Crippen molar-refractivity contribution >= 4 is 28.1 Å². The quantitative estimate of drug-likeness (QED) is 0.0309. The van der Waals surface area contributed by atoms with Crippen LogP contribution < -0.4 is 16.0 Å². The zero-order chi connectivity index (χ0) is 74.4. The molecule has 45 nitrogen and oxygen atoms in total. The molecule has 0 aromatic rings. The zero-order valence-corrected chi connectivity index (χ0v) is 54.7. The molecule has 7 heterocycles. The molecule has 0 aromatic heterocycles. The van der Waals surface area contributed by atoms with Gasteiger partial charge in [-0.15, -0.1) is 0 Å². The molecule has 7 rings (SSSR count). The van der Waals surface area contributed by atoms with Crippen LogP contribution in [-0.4, -0.2) is 423 Å². The lowest BCUT2D eigenvalue weighted by atomic mass is 9.94. The molecule has 46 heteroatoms. The van der Waals surface area contributed by atoms with E-state index in [1.165, 1.54) is 13.8 Å². The van der Waals surface area contributed by atoms with Crippen molar-refractivity contribution < 1.29 is 205 Å². The summed E-state index contributed by atoms with van der Waals surface area (Å²) in [5, 5.41) is 240. The molecular weight excluding hydrogens is 1390 g/mol. The molecule has 3 amide bonds. The molecule has 100 heavy (non-hydrogen) atoms. The van der Waals surface area contributed by atoms with Gasteiger partial charge in [0.05, 0.1) is 64.5 Å². The molecule has 7 aliphatic rings. The fraction of sp³-hybridized carbons (Fsp3) is 0.944. The van der Waals surface area contributed by atoms with Crippen LogP contribution in [0.5, 0.6) is 0 Å². The van der Waals surface area contributed by atoms with E-state index in [1.807, 2.05) is 0 Å². The van der Waals surface area contributed by atoms with E-state index in [-0.39, 0.29) is 0 Å². The summed E-state index contributed by atoms with van der Waals surface area (Å²) in [4.78, 5) is 38.1. The third kappa shape index (κ3) is 19.9. The Kier molecular flexibility index (Phi) is 30.7. The minimum atomic E-state index is -5.23. The average molecular weight is 1490 g/mol. The summed E-state index contributed by atoms with van der Waals surface area (Å²) >= 11 is 0. The van der Waals surface area contributed by atoms with Gasteiger partial charge in [0.25, 0.3) is 0 Å². The number of carbonyl (C=O) groups is 3. The van der Waals surface area contributed by atoms with Crippen molar-refractivity contribution in [3.05, 3.63) is 0 Å². The Balaban J connectivity index is 1.32. The summed E-state index contributed by atoms with van der Waals surface area (Å²) < 4.78 is 119. The van der Waals surface area contributed by atoms with Gasteiger partial charge in [-0.2, -0.15) is 8.42 Å². The molecule has 0 spiro atoms. The van der Waals surface area contributed by atoms with Crippen molar-refractivity contribution in [2.24, 2.45) is 0 Å². The smallest absolute Gasteiger partial charge is 0.394 e. The van der Waals surface area contributed by atoms with E-state index in [0.717, 1.165) is 20.8 Å².